The van der Waals surface area contributed by atoms with Crippen LogP contribution in [-0.4, -0.2) is 41.0 Å². The van der Waals surface area contributed by atoms with Gasteiger partial charge in [-0.3, -0.25) is 0 Å². The third-order valence-corrected chi connectivity index (χ3v) is 4.10. The molecule has 1 aliphatic heterocycles. The van der Waals surface area contributed by atoms with Crippen molar-refractivity contribution in [2.75, 3.05) is 25.5 Å². The molecule has 0 aromatic carbocycles. The number of anilines is 1. The fraction of sp³-hybridized carbons (Fsp3) is 0.733. The summed E-state index contributed by atoms with van der Waals surface area (Å²) < 4.78 is 0. The third-order valence-electron chi connectivity index (χ3n) is 4.10. The lowest BCUT2D eigenvalue weighted by molar-refractivity contribution is 0.208. The Morgan fingerprint density at radius 1 is 1.37 bits per heavy atom. The van der Waals surface area contributed by atoms with Gasteiger partial charge in [-0.15, -0.1) is 0 Å². The van der Waals surface area contributed by atoms with Gasteiger partial charge in [0.25, 0.3) is 0 Å². The van der Waals surface area contributed by atoms with Gasteiger partial charge in [0.1, 0.15) is 11.6 Å². The quantitative estimate of drug-likeness (QED) is 0.905. The van der Waals surface area contributed by atoms with Crippen LogP contribution in [0.15, 0.2) is 6.07 Å². The van der Waals surface area contributed by atoms with E-state index in [1.165, 1.54) is 25.9 Å². The minimum Gasteiger partial charge on any atom is -0.367 e. The van der Waals surface area contributed by atoms with Gasteiger partial charge in [0, 0.05) is 17.8 Å². The summed E-state index contributed by atoms with van der Waals surface area (Å²) in [7, 11) is 2.20. The van der Waals surface area contributed by atoms with Gasteiger partial charge in [-0.2, -0.15) is 0 Å². The van der Waals surface area contributed by atoms with Crippen LogP contribution in [0.25, 0.3) is 0 Å². The number of hydrogen-bond donors (Lipinski definition) is 1. The van der Waals surface area contributed by atoms with Gasteiger partial charge in [0.2, 0.25) is 0 Å². The van der Waals surface area contributed by atoms with Crippen molar-refractivity contribution < 1.29 is 0 Å². The molecule has 1 saturated heterocycles. The summed E-state index contributed by atoms with van der Waals surface area (Å²) in [6.45, 7) is 8.79. The first-order valence-corrected chi connectivity index (χ1v) is 7.38. The molecule has 1 aromatic heterocycles. The molecule has 0 aliphatic carbocycles. The number of piperidine rings is 1. The highest BCUT2D eigenvalue weighted by Gasteiger charge is 2.22. The fourth-order valence-corrected chi connectivity index (χ4v) is 2.76. The average molecular weight is 262 g/mol. The molecule has 0 radical (unpaired) electrons. The summed E-state index contributed by atoms with van der Waals surface area (Å²) in [6, 6.07) is 2.56. The maximum atomic E-state index is 4.50. The molecule has 0 spiro atoms. The van der Waals surface area contributed by atoms with Gasteiger partial charge in [0.15, 0.2) is 0 Å². The lowest BCUT2D eigenvalue weighted by Crippen LogP contribution is -2.37. The van der Waals surface area contributed by atoms with Crippen LogP contribution in [0.4, 0.5) is 5.82 Å². The Hall–Kier alpha value is -1.16. The van der Waals surface area contributed by atoms with Gasteiger partial charge in [-0.25, -0.2) is 9.97 Å². The SMILES string of the molecule is CCc1cc(N[C@@H](C)C2CCN(C)CC2)nc(C)n1. The Morgan fingerprint density at radius 3 is 2.68 bits per heavy atom. The lowest BCUT2D eigenvalue weighted by atomic mass is 9.90. The third kappa shape index (κ3) is 3.90. The van der Waals surface area contributed by atoms with Crippen LogP contribution in [0, 0.1) is 12.8 Å². The Bertz CT molecular complexity index is 411. The predicted molar refractivity (Wildman–Crippen MR) is 79.5 cm³/mol. The monoisotopic (exact) mass is 262 g/mol. The van der Waals surface area contributed by atoms with Crippen LogP contribution in [0.1, 0.15) is 38.2 Å². The van der Waals surface area contributed by atoms with Crippen molar-refractivity contribution in [2.24, 2.45) is 5.92 Å². The first kappa shape index (κ1) is 14.3. The van der Waals surface area contributed by atoms with E-state index in [4.69, 9.17) is 0 Å². The maximum absolute atomic E-state index is 4.50. The van der Waals surface area contributed by atoms with Crippen molar-refractivity contribution in [2.45, 2.75) is 46.1 Å². The minimum atomic E-state index is 0.479. The molecule has 0 saturated carbocycles. The van der Waals surface area contributed by atoms with Crippen molar-refractivity contribution in [1.29, 1.82) is 0 Å². The summed E-state index contributed by atoms with van der Waals surface area (Å²) in [5.74, 6) is 2.59. The smallest absolute Gasteiger partial charge is 0.130 e. The molecule has 0 unspecified atom stereocenters. The van der Waals surface area contributed by atoms with E-state index in [1.54, 1.807) is 0 Å². The molecular weight excluding hydrogens is 236 g/mol. The van der Waals surface area contributed by atoms with E-state index in [0.717, 1.165) is 29.7 Å². The zero-order valence-corrected chi connectivity index (χ0v) is 12.6. The largest absolute Gasteiger partial charge is 0.367 e. The lowest BCUT2D eigenvalue weighted by Gasteiger charge is -2.33. The summed E-state index contributed by atoms with van der Waals surface area (Å²) in [6.07, 6.45) is 3.51. The van der Waals surface area contributed by atoms with E-state index < -0.39 is 0 Å². The highest BCUT2D eigenvalue weighted by atomic mass is 15.1. The van der Waals surface area contributed by atoms with Gasteiger partial charge in [0.05, 0.1) is 0 Å². The van der Waals surface area contributed by atoms with Crippen LogP contribution in [0.5, 0.6) is 0 Å². The molecule has 19 heavy (non-hydrogen) atoms. The second kappa shape index (κ2) is 6.33. The van der Waals surface area contributed by atoms with Crippen molar-refractivity contribution in [1.82, 2.24) is 14.9 Å². The number of likely N-dealkylation sites (tertiary alicyclic amines) is 1. The van der Waals surface area contributed by atoms with E-state index in [1.807, 2.05) is 6.92 Å². The zero-order valence-electron chi connectivity index (χ0n) is 12.6. The van der Waals surface area contributed by atoms with Crippen molar-refractivity contribution in [3.05, 3.63) is 17.6 Å². The van der Waals surface area contributed by atoms with E-state index in [-0.39, 0.29) is 0 Å². The Balaban J connectivity index is 1.98. The van der Waals surface area contributed by atoms with Crippen molar-refractivity contribution >= 4 is 5.82 Å². The van der Waals surface area contributed by atoms with Gasteiger partial charge in [-0.1, -0.05) is 6.92 Å². The second-order valence-electron chi connectivity index (χ2n) is 5.72. The van der Waals surface area contributed by atoms with Crippen molar-refractivity contribution in [3.8, 4) is 0 Å². The van der Waals surface area contributed by atoms with E-state index >= 15 is 0 Å². The predicted octanol–water partition coefficient (Wildman–Crippen LogP) is 2.49. The second-order valence-corrected chi connectivity index (χ2v) is 5.72. The summed E-state index contributed by atoms with van der Waals surface area (Å²) in [5.41, 5.74) is 1.12. The van der Waals surface area contributed by atoms with Gasteiger partial charge >= 0.3 is 0 Å². The minimum absolute atomic E-state index is 0.479. The molecule has 4 heteroatoms. The molecule has 1 fully saturated rings. The first-order valence-electron chi connectivity index (χ1n) is 7.38. The number of hydrogen-bond acceptors (Lipinski definition) is 4. The molecule has 0 amide bonds. The first-order chi connectivity index (χ1) is 9.08. The Labute approximate surface area is 116 Å². The summed E-state index contributed by atoms with van der Waals surface area (Å²) in [4.78, 5) is 11.3. The molecule has 1 aromatic rings. The highest BCUT2D eigenvalue weighted by Crippen LogP contribution is 2.22. The molecule has 1 N–H and O–H groups in total. The standard InChI is InChI=1S/C15H26N4/c1-5-14-10-15(18-12(3)17-14)16-11(2)13-6-8-19(4)9-7-13/h10-11,13H,5-9H2,1-4H3,(H,16,17,18)/t11-/m0/s1. The summed E-state index contributed by atoms with van der Waals surface area (Å²) in [5, 5.41) is 3.57. The zero-order chi connectivity index (χ0) is 13.8. The number of aromatic nitrogens is 2. The molecule has 4 nitrogen and oxygen atoms in total. The molecular formula is C15H26N4. The van der Waals surface area contributed by atoms with Crippen LogP contribution >= 0.6 is 0 Å². The number of nitrogens with zero attached hydrogens (tertiary/aromatic N) is 3. The van der Waals surface area contributed by atoms with E-state index in [2.05, 4.69) is 47.1 Å². The van der Waals surface area contributed by atoms with Gasteiger partial charge in [-0.05, 0) is 59.2 Å². The molecule has 106 valence electrons. The molecule has 1 aliphatic rings. The van der Waals surface area contributed by atoms with Crippen LogP contribution in [-0.2, 0) is 6.42 Å². The van der Waals surface area contributed by atoms with Gasteiger partial charge < -0.3 is 10.2 Å². The molecule has 1 atom stereocenters. The number of nitrogens with one attached hydrogen (secondary N) is 1. The Morgan fingerprint density at radius 2 is 2.05 bits per heavy atom. The summed E-state index contributed by atoms with van der Waals surface area (Å²) >= 11 is 0. The topological polar surface area (TPSA) is 41.0 Å². The normalized spacial score (nSPS) is 19.4. The fourth-order valence-electron chi connectivity index (χ4n) is 2.76. The number of rotatable bonds is 4. The van der Waals surface area contributed by atoms with Crippen LogP contribution in [0.2, 0.25) is 0 Å². The average Bonchev–Trinajstić information content (AvgIpc) is 2.38. The van der Waals surface area contributed by atoms with Crippen LogP contribution < -0.4 is 5.32 Å². The van der Waals surface area contributed by atoms with Crippen molar-refractivity contribution in [3.63, 3.8) is 0 Å². The van der Waals surface area contributed by atoms with Crippen LogP contribution in [0.3, 0.4) is 0 Å². The Kier molecular flexibility index (Phi) is 4.75. The number of aryl methyl sites for hydroxylation is 2. The maximum Gasteiger partial charge on any atom is 0.130 e. The molecule has 2 heterocycles. The highest BCUT2D eigenvalue weighted by molar-refractivity contribution is 5.37. The molecule has 2 rings (SSSR count). The van der Waals surface area contributed by atoms with E-state index in [9.17, 15) is 0 Å². The van der Waals surface area contributed by atoms with E-state index in [0.29, 0.717) is 6.04 Å². The molecule has 0 bridgehead atoms.